The van der Waals surface area contributed by atoms with Crippen molar-refractivity contribution in [3.05, 3.63) is 46.8 Å². The predicted octanol–water partition coefficient (Wildman–Crippen LogP) is 2.76. The van der Waals surface area contributed by atoms with Crippen LogP contribution >= 0.6 is 11.6 Å². The van der Waals surface area contributed by atoms with Gasteiger partial charge in [0.05, 0.1) is 5.54 Å². The van der Waals surface area contributed by atoms with Gasteiger partial charge in [0.1, 0.15) is 6.61 Å². The molecule has 0 atom stereocenters. The van der Waals surface area contributed by atoms with Crippen molar-refractivity contribution in [2.45, 2.75) is 19.4 Å². The number of ether oxygens (including phenoxy) is 1. The lowest BCUT2D eigenvalue weighted by atomic mass is 10.1. The zero-order valence-corrected chi connectivity index (χ0v) is 10.5. The standard InChI is InChI=1S/C13H14ClNO2/c1-13(2)8-17-12(15-13)7-11(16)9-3-5-10(14)6-4-9/h3-7,15H,8H2,1-2H3. The van der Waals surface area contributed by atoms with Crippen LogP contribution < -0.4 is 5.32 Å². The second-order valence-electron chi connectivity index (χ2n) is 4.68. The van der Waals surface area contributed by atoms with Crippen molar-refractivity contribution in [2.75, 3.05) is 6.61 Å². The van der Waals surface area contributed by atoms with Crippen LogP contribution in [-0.4, -0.2) is 17.9 Å². The van der Waals surface area contributed by atoms with Crippen molar-refractivity contribution >= 4 is 17.4 Å². The summed E-state index contributed by atoms with van der Waals surface area (Å²) in [7, 11) is 0. The van der Waals surface area contributed by atoms with Gasteiger partial charge in [-0.3, -0.25) is 4.79 Å². The van der Waals surface area contributed by atoms with E-state index in [1.54, 1.807) is 24.3 Å². The summed E-state index contributed by atoms with van der Waals surface area (Å²) in [4.78, 5) is 11.9. The predicted molar refractivity (Wildman–Crippen MR) is 67.0 cm³/mol. The maximum Gasteiger partial charge on any atom is 0.191 e. The molecule has 1 aliphatic rings. The number of rotatable bonds is 2. The average Bonchev–Trinajstić information content (AvgIpc) is 2.59. The molecule has 4 heteroatoms. The molecule has 0 saturated carbocycles. The summed E-state index contributed by atoms with van der Waals surface area (Å²) in [6.07, 6.45) is 1.47. The van der Waals surface area contributed by atoms with Crippen molar-refractivity contribution < 1.29 is 9.53 Å². The van der Waals surface area contributed by atoms with Gasteiger partial charge in [-0.1, -0.05) is 11.6 Å². The quantitative estimate of drug-likeness (QED) is 0.649. The monoisotopic (exact) mass is 251 g/mol. The molecule has 0 bridgehead atoms. The number of allylic oxidation sites excluding steroid dienone is 1. The van der Waals surface area contributed by atoms with Gasteiger partial charge in [-0.05, 0) is 38.1 Å². The maximum atomic E-state index is 11.9. The van der Waals surface area contributed by atoms with Crippen LogP contribution in [0.25, 0.3) is 0 Å². The van der Waals surface area contributed by atoms with Crippen molar-refractivity contribution in [1.29, 1.82) is 0 Å². The Morgan fingerprint density at radius 1 is 1.41 bits per heavy atom. The topological polar surface area (TPSA) is 38.3 Å². The molecule has 0 amide bonds. The van der Waals surface area contributed by atoms with E-state index in [1.165, 1.54) is 6.08 Å². The molecule has 0 aromatic heterocycles. The van der Waals surface area contributed by atoms with Crippen LogP contribution in [0.15, 0.2) is 36.2 Å². The van der Waals surface area contributed by atoms with Gasteiger partial charge in [-0.25, -0.2) is 0 Å². The van der Waals surface area contributed by atoms with Gasteiger partial charge in [0.25, 0.3) is 0 Å². The Labute approximate surface area is 105 Å². The second kappa shape index (κ2) is 4.41. The van der Waals surface area contributed by atoms with E-state index in [1.807, 2.05) is 13.8 Å². The highest BCUT2D eigenvalue weighted by Gasteiger charge is 2.27. The fourth-order valence-corrected chi connectivity index (χ4v) is 1.68. The first-order valence-corrected chi connectivity index (χ1v) is 5.77. The van der Waals surface area contributed by atoms with E-state index in [0.29, 0.717) is 23.1 Å². The molecule has 0 aliphatic carbocycles. The number of ketones is 1. The Balaban J connectivity index is 2.12. The second-order valence-corrected chi connectivity index (χ2v) is 5.11. The molecule has 1 fully saturated rings. The van der Waals surface area contributed by atoms with Gasteiger partial charge in [-0.15, -0.1) is 0 Å². The van der Waals surface area contributed by atoms with E-state index < -0.39 is 0 Å². The van der Waals surface area contributed by atoms with Gasteiger partial charge < -0.3 is 10.1 Å². The summed E-state index contributed by atoms with van der Waals surface area (Å²) in [5.74, 6) is 0.428. The van der Waals surface area contributed by atoms with Gasteiger partial charge in [0.2, 0.25) is 0 Å². The fourth-order valence-electron chi connectivity index (χ4n) is 1.56. The minimum absolute atomic E-state index is 0.0955. The average molecular weight is 252 g/mol. The Bertz CT molecular complexity index is 463. The molecule has 1 aliphatic heterocycles. The Morgan fingerprint density at radius 2 is 2.06 bits per heavy atom. The highest BCUT2D eigenvalue weighted by atomic mass is 35.5. The molecule has 0 radical (unpaired) electrons. The molecule has 1 aromatic rings. The zero-order valence-electron chi connectivity index (χ0n) is 9.79. The Kier molecular flexibility index (Phi) is 3.11. The first-order valence-electron chi connectivity index (χ1n) is 5.39. The SMILES string of the molecule is CC1(C)COC(=CC(=O)c2ccc(Cl)cc2)N1. The summed E-state index contributed by atoms with van der Waals surface area (Å²) in [5.41, 5.74) is 0.476. The van der Waals surface area contributed by atoms with Gasteiger partial charge in [-0.2, -0.15) is 0 Å². The number of carbonyl (C=O) groups excluding carboxylic acids is 1. The molecule has 1 N–H and O–H groups in total. The van der Waals surface area contributed by atoms with Crippen LogP contribution in [-0.2, 0) is 4.74 Å². The first kappa shape index (κ1) is 12.0. The van der Waals surface area contributed by atoms with E-state index in [4.69, 9.17) is 16.3 Å². The van der Waals surface area contributed by atoms with Crippen LogP contribution in [0.1, 0.15) is 24.2 Å². The lowest BCUT2D eigenvalue weighted by Crippen LogP contribution is -2.34. The van der Waals surface area contributed by atoms with E-state index in [9.17, 15) is 4.79 Å². The van der Waals surface area contributed by atoms with Gasteiger partial charge in [0, 0.05) is 16.7 Å². The number of benzene rings is 1. The number of halogens is 1. The molecule has 3 nitrogen and oxygen atoms in total. The molecular weight excluding hydrogens is 238 g/mol. The van der Waals surface area contributed by atoms with Crippen LogP contribution in [0.5, 0.6) is 0 Å². The fraction of sp³-hybridized carbons (Fsp3) is 0.308. The molecule has 1 heterocycles. The van der Waals surface area contributed by atoms with Crippen LogP contribution in [0.3, 0.4) is 0 Å². The van der Waals surface area contributed by atoms with Crippen LogP contribution in [0, 0.1) is 0 Å². The summed E-state index contributed by atoms with van der Waals surface area (Å²) in [6, 6.07) is 6.78. The van der Waals surface area contributed by atoms with E-state index in [2.05, 4.69) is 5.32 Å². The molecule has 1 aromatic carbocycles. The maximum absolute atomic E-state index is 11.9. The van der Waals surface area contributed by atoms with Gasteiger partial charge >= 0.3 is 0 Å². The van der Waals surface area contributed by atoms with Gasteiger partial charge in [0.15, 0.2) is 11.7 Å². The Morgan fingerprint density at radius 3 is 2.59 bits per heavy atom. The van der Waals surface area contributed by atoms with E-state index >= 15 is 0 Å². The number of carbonyl (C=O) groups is 1. The lowest BCUT2D eigenvalue weighted by molar-refractivity contribution is 0.104. The normalized spacial score (nSPS) is 19.8. The third-order valence-corrected chi connectivity index (χ3v) is 2.69. The molecule has 90 valence electrons. The molecular formula is C13H14ClNO2. The van der Waals surface area contributed by atoms with Crippen molar-refractivity contribution in [2.24, 2.45) is 0 Å². The molecule has 0 spiro atoms. The summed E-state index contributed by atoms with van der Waals surface area (Å²) in [6.45, 7) is 4.59. The summed E-state index contributed by atoms with van der Waals surface area (Å²) < 4.78 is 5.39. The molecule has 2 rings (SSSR count). The van der Waals surface area contributed by atoms with Crippen molar-refractivity contribution in [3.8, 4) is 0 Å². The van der Waals surface area contributed by atoms with Crippen LogP contribution in [0.2, 0.25) is 5.02 Å². The summed E-state index contributed by atoms with van der Waals surface area (Å²) in [5, 5.41) is 3.75. The largest absolute Gasteiger partial charge is 0.477 e. The smallest absolute Gasteiger partial charge is 0.191 e. The minimum atomic E-state index is -0.119. The van der Waals surface area contributed by atoms with Crippen LogP contribution in [0.4, 0.5) is 0 Å². The third kappa shape index (κ3) is 3.01. The number of hydrogen-bond acceptors (Lipinski definition) is 3. The van der Waals surface area contributed by atoms with E-state index in [-0.39, 0.29) is 11.3 Å². The molecule has 17 heavy (non-hydrogen) atoms. The van der Waals surface area contributed by atoms with Crippen molar-refractivity contribution in [3.63, 3.8) is 0 Å². The first-order chi connectivity index (χ1) is 7.96. The number of hydrogen-bond donors (Lipinski definition) is 1. The highest BCUT2D eigenvalue weighted by molar-refractivity contribution is 6.30. The summed E-state index contributed by atoms with van der Waals surface area (Å²) >= 11 is 5.76. The zero-order chi connectivity index (χ0) is 12.5. The highest BCUT2D eigenvalue weighted by Crippen LogP contribution is 2.17. The lowest BCUT2D eigenvalue weighted by Gasteiger charge is -2.13. The number of nitrogens with one attached hydrogen (secondary N) is 1. The minimum Gasteiger partial charge on any atom is -0.477 e. The van der Waals surface area contributed by atoms with E-state index in [0.717, 1.165) is 0 Å². The molecule has 1 saturated heterocycles. The third-order valence-electron chi connectivity index (χ3n) is 2.44. The van der Waals surface area contributed by atoms with Crippen molar-refractivity contribution in [1.82, 2.24) is 5.32 Å². The molecule has 0 unspecified atom stereocenters. The Hall–Kier alpha value is -1.48.